The molecule has 2 atom stereocenters. The average molecular weight is 596 g/mol. The van der Waals surface area contributed by atoms with Gasteiger partial charge in [0, 0.05) is 29.4 Å². The number of aromatic amines is 2. The topological polar surface area (TPSA) is 112 Å². The maximum Gasteiger partial charge on any atom is 0.407 e. The second kappa shape index (κ2) is 12.2. The van der Waals surface area contributed by atoms with Gasteiger partial charge in [-0.15, -0.1) is 0 Å². The number of nitrogens with zero attached hydrogens (tertiary/aromatic N) is 1. The van der Waals surface area contributed by atoms with E-state index in [1.807, 2.05) is 79.0 Å². The zero-order chi connectivity index (χ0) is 30.8. The summed E-state index contributed by atoms with van der Waals surface area (Å²) in [7, 11) is 0. The number of ether oxygens (including phenoxy) is 1. The Labute approximate surface area is 260 Å². The van der Waals surface area contributed by atoms with Gasteiger partial charge in [-0.25, -0.2) is 9.78 Å². The molecule has 8 nitrogen and oxygen atoms in total. The SMILES string of the molecule is C[C@@H](NC(=O)OCC1c2ccccc2-c2ccccc21)C(=O)N[C@H](Cc1c[nH]c2ccccc12)c1ncc(-c2ccccc2)[nH]1. The van der Waals surface area contributed by atoms with Gasteiger partial charge < -0.3 is 25.3 Å². The highest BCUT2D eigenvalue weighted by molar-refractivity contribution is 5.86. The molecule has 0 aliphatic heterocycles. The summed E-state index contributed by atoms with van der Waals surface area (Å²) in [5, 5.41) is 6.91. The van der Waals surface area contributed by atoms with E-state index < -0.39 is 18.2 Å². The molecule has 45 heavy (non-hydrogen) atoms. The molecule has 0 saturated carbocycles. The Hall–Kier alpha value is -5.63. The number of para-hydroxylation sites is 1. The van der Waals surface area contributed by atoms with Crippen molar-refractivity contribution in [3.63, 3.8) is 0 Å². The first-order chi connectivity index (χ1) is 22.0. The summed E-state index contributed by atoms with van der Waals surface area (Å²) in [4.78, 5) is 37.8. The number of amides is 2. The molecule has 0 fully saturated rings. The Morgan fingerprint density at radius 2 is 1.51 bits per heavy atom. The Balaban J connectivity index is 1.04. The molecule has 2 aromatic heterocycles. The summed E-state index contributed by atoms with van der Waals surface area (Å²) in [5.41, 5.74) is 8.50. The molecule has 4 N–H and O–H groups in total. The number of aromatic nitrogens is 3. The molecule has 2 amide bonds. The van der Waals surface area contributed by atoms with Gasteiger partial charge in [-0.3, -0.25) is 4.79 Å². The van der Waals surface area contributed by atoms with E-state index in [4.69, 9.17) is 4.74 Å². The predicted molar refractivity (Wildman–Crippen MR) is 175 cm³/mol. The number of hydrogen-bond donors (Lipinski definition) is 4. The van der Waals surface area contributed by atoms with Crippen LogP contribution in [0, 0.1) is 0 Å². The van der Waals surface area contributed by atoms with Crippen molar-refractivity contribution < 1.29 is 14.3 Å². The first kappa shape index (κ1) is 28.2. The first-order valence-corrected chi connectivity index (χ1v) is 15.1. The molecule has 1 aliphatic rings. The van der Waals surface area contributed by atoms with Gasteiger partial charge >= 0.3 is 6.09 Å². The summed E-state index contributed by atoms with van der Waals surface area (Å²) in [6.07, 6.45) is 3.59. The highest BCUT2D eigenvalue weighted by atomic mass is 16.5. The van der Waals surface area contributed by atoms with Gasteiger partial charge in [0.15, 0.2) is 0 Å². The molecule has 0 unspecified atom stereocenters. The molecule has 8 heteroatoms. The number of alkyl carbamates (subject to hydrolysis) is 1. The molecule has 0 radical (unpaired) electrons. The fourth-order valence-electron chi connectivity index (χ4n) is 6.19. The van der Waals surface area contributed by atoms with Crippen LogP contribution in [-0.4, -0.2) is 39.6 Å². The van der Waals surface area contributed by atoms with Gasteiger partial charge in [-0.1, -0.05) is 97.1 Å². The number of fused-ring (bicyclic) bond motifs is 4. The summed E-state index contributed by atoms with van der Waals surface area (Å²) in [5.74, 6) is 0.220. The highest BCUT2D eigenvalue weighted by Gasteiger charge is 2.30. The largest absolute Gasteiger partial charge is 0.449 e. The molecule has 6 aromatic rings. The van der Waals surface area contributed by atoms with Gasteiger partial charge in [-0.2, -0.15) is 0 Å². The van der Waals surface area contributed by atoms with Gasteiger partial charge in [0.25, 0.3) is 0 Å². The normalized spacial score (nSPS) is 13.5. The molecular weight excluding hydrogens is 562 g/mol. The molecule has 0 bridgehead atoms. The van der Waals surface area contributed by atoms with Crippen LogP contribution in [0.3, 0.4) is 0 Å². The van der Waals surface area contributed by atoms with E-state index in [1.54, 1.807) is 13.1 Å². The van der Waals surface area contributed by atoms with Crippen molar-refractivity contribution in [2.75, 3.05) is 6.61 Å². The van der Waals surface area contributed by atoms with Gasteiger partial charge in [-0.05, 0) is 46.4 Å². The van der Waals surface area contributed by atoms with Crippen molar-refractivity contribution >= 4 is 22.9 Å². The van der Waals surface area contributed by atoms with Gasteiger partial charge in [0.2, 0.25) is 5.91 Å². The summed E-state index contributed by atoms with van der Waals surface area (Å²) >= 11 is 0. The van der Waals surface area contributed by atoms with Crippen LogP contribution in [0.15, 0.2) is 116 Å². The summed E-state index contributed by atoms with van der Waals surface area (Å²) < 4.78 is 5.68. The van der Waals surface area contributed by atoms with Gasteiger partial charge in [0.05, 0.1) is 17.9 Å². The molecule has 1 aliphatic carbocycles. The number of benzene rings is 4. The molecule has 4 aromatic carbocycles. The number of hydrogen-bond acceptors (Lipinski definition) is 4. The zero-order valence-corrected chi connectivity index (χ0v) is 24.8. The molecule has 224 valence electrons. The van der Waals surface area contributed by atoms with Crippen molar-refractivity contribution in [1.29, 1.82) is 0 Å². The van der Waals surface area contributed by atoms with E-state index in [0.717, 1.165) is 50.0 Å². The van der Waals surface area contributed by atoms with E-state index in [0.29, 0.717) is 12.2 Å². The molecule has 7 rings (SSSR count). The number of carbonyl (C=O) groups excluding carboxylic acids is 2. The van der Waals surface area contributed by atoms with Gasteiger partial charge in [0.1, 0.15) is 18.5 Å². The number of imidazole rings is 1. The fourth-order valence-corrected chi connectivity index (χ4v) is 6.19. The lowest BCUT2D eigenvalue weighted by molar-refractivity contribution is -0.123. The summed E-state index contributed by atoms with van der Waals surface area (Å²) in [6, 6.07) is 33.0. The lowest BCUT2D eigenvalue weighted by Gasteiger charge is -2.21. The van der Waals surface area contributed by atoms with Crippen molar-refractivity contribution in [1.82, 2.24) is 25.6 Å². The first-order valence-electron chi connectivity index (χ1n) is 15.1. The van der Waals surface area contributed by atoms with E-state index in [-0.39, 0.29) is 18.4 Å². The smallest absolute Gasteiger partial charge is 0.407 e. The monoisotopic (exact) mass is 595 g/mol. The number of carbonyl (C=O) groups is 2. The standard InChI is InChI=1S/C37H33N5O3/c1-23(40-37(44)45-22-31-29-16-7-5-14-27(29)28-15-6-8-17-30(28)31)36(43)42-33(19-25-20-38-32-18-10-9-13-26(25)32)35-39-21-34(41-35)24-11-3-2-4-12-24/h2-18,20-21,23,31,33,38H,19,22H2,1H3,(H,39,41)(H,40,44)(H,42,43)/t23-,33-/m1/s1. The maximum absolute atomic E-state index is 13.5. The van der Waals surface area contributed by atoms with Crippen LogP contribution >= 0.6 is 0 Å². The van der Waals surface area contributed by atoms with Crippen molar-refractivity contribution in [2.24, 2.45) is 0 Å². The van der Waals surface area contributed by atoms with E-state index in [1.165, 1.54) is 0 Å². The highest BCUT2D eigenvalue weighted by Crippen LogP contribution is 2.44. The predicted octanol–water partition coefficient (Wildman–Crippen LogP) is 6.89. The third-order valence-corrected chi connectivity index (χ3v) is 8.50. The number of H-pyrrole nitrogens is 2. The minimum Gasteiger partial charge on any atom is -0.449 e. The van der Waals surface area contributed by atoms with Crippen LogP contribution < -0.4 is 10.6 Å². The second-order valence-corrected chi connectivity index (χ2v) is 11.4. The van der Waals surface area contributed by atoms with E-state index >= 15 is 0 Å². The van der Waals surface area contributed by atoms with Crippen LogP contribution in [0.25, 0.3) is 33.3 Å². The van der Waals surface area contributed by atoms with E-state index in [9.17, 15) is 9.59 Å². The lowest BCUT2D eigenvalue weighted by Crippen LogP contribution is -2.46. The van der Waals surface area contributed by atoms with Crippen LogP contribution in [0.1, 0.15) is 41.4 Å². The molecule has 0 spiro atoms. The second-order valence-electron chi connectivity index (χ2n) is 11.4. The van der Waals surface area contributed by atoms with Crippen molar-refractivity contribution in [3.05, 3.63) is 138 Å². The van der Waals surface area contributed by atoms with Crippen LogP contribution in [0.4, 0.5) is 4.79 Å². The Morgan fingerprint density at radius 3 is 2.27 bits per heavy atom. The average Bonchev–Trinajstić information content (AvgIpc) is 3.80. The number of rotatable bonds is 9. The quantitative estimate of drug-likeness (QED) is 0.146. The number of nitrogens with one attached hydrogen (secondary N) is 4. The third-order valence-electron chi connectivity index (χ3n) is 8.50. The minimum absolute atomic E-state index is 0.0643. The van der Waals surface area contributed by atoms with Crippen LogP contribution in [0.5, 0.6) is 0 Å². The minimum atomic E-state index is -0.838. The van der Waals surface area contributed by atoms with Crippen molar-refractivity contribution in [3.8, 4) is 22.4 Å². The Morgan fingerprint density at radius 1 is 0.844 bits per heavy atom. The van der Waals surface area contributed by atoms with Crippen LogP contribution in [0.2, 0.25) is 0 Å². The molecule has 0 saturated heterocycles. The molecule has 2 heterocycles. The molecular formula is C37H33N5O3. The zero-order valence-electron chi connectivity index (χ0n) is 24.8. The third kappa shape index (κ3) is 5.70. The lowest BCUT2D eigenvalue weighted by atomic mass is 9.98. The summed E-state index contributed by atoms with van der Waals surface area (Å²) in [6.45, 7) is 1.82. The fraction of sp³-hybridized carbons (Fsp3) is 0.162. The maximum atomic E-state index is 13.5. The van der Waals surface area contributed by atoms with E-state index in [2.05, 4.69) is 55.9 Å². The Bertz CT molecular complexity index is 1930. The Kier molecular flexibility index (Phi) is 7.61. The van der Waals surface area contributed by atoms with Crippen LogP contribution in [-0.2, 0) is 16.0 Å². The van der Waals surface area contributed by atoms with Crippen molar-refractivity contribution in [2.45, 2.75) is 31.3 Å².